The Morgan fingerprint density at radius 2 is 2.10 bits per heavy atom. The van der Waals surface area contributed by atoms with Crippen LogP contribution in [-0.4, -0.2) is 14.5 Å². The van der Waals surface area contributed by atoms with Crippen LogP contribution in [0.5, 0.6) is 0 Å². The Hall–Kier alpha value is -1.72. The van der Waals surface area contributed by atoms with E-state index in [4.69, 9.17) is 0 Å². The van der Waals surface area contributed by atoms with Crippen molar-refractivity contribution in [2.45, 2.75) is 33.0 Å². The summed E-state index contributed by atoms with van der Waals surface area (Å²) >= 11 is 1.75. The predicted octanol–water partition coefficient (Wildman–Crippen LogP) is 3.36. The highest BCUT2D eigenvalue weighted by atomic mass is 32.1. The number of aromatic nitrogens is 3. The van der Waals surface area contributed by atoms with Gasteiger partial charge in [-0.05, 0) is 26.0 Å². The van der Waals surface area contributed by atoms with Gasteiger partial charge >= 0.3 is 0 Å². The Kier molecular flexibility index (Phi) is 3.80. The maximum Gasteiger partial charge on any atom is 0.108 e. The zero-order valence-electron chi connectivity index (χ0n) is 11.7. The van der Waals surface area contributed by atoms with Gasteiger partial charge in [0.1, 0.15) is 5.01 Å². The van der Waals surface area contributed by atoms with Crippen LogP contribution in [0.25, 0.3) is 10.2 Å². The number of para-hydroxylation sites is 1. The van der Waals surface area contributed by atoms with Crippen LogP contribution in [0.4, 0.5) is 0 Å². The maximum absolute atomic E-state index is 4.62. The Bertz CT molecular complexity index is 666. The second-order valence-corrected chi connectivity index (χ2v) is 6.18. The predicted molar refractivity (Wildman–Crippen MR) is 82.8 cm³/mol. The molecule has 20 heavy (non-hydrogen) atoms. The summed E-state index contributed by atoms with van der Waals surface area (Å²) in [6.07, 6.45) is 3.81. The van der Waals surface area contributed by atoms with Gasteiger partial charge in [0, 0.05) is 25.3 Å². The van der Waals surface area contributed by atoms with E-state index in [9.17, 15) is 0 Å². The molecule has 5 heteroatoms. The number of fused-ring (bicyclic) bond motifs is 1. The molecule has 4 nitrogen and oxygen atoms in total. The standard InChI is InChI=1S/C15H18N4S/c1-11(2)19-10-17-8-12(19)7-16-9-15-18-13-5-3-4-6-14(13)20-15/h3-6,8,10-11,16H,7,9H2,1-2H3. The van der Waals surface area contributed by atoms with Crippen LogP contribution in [-0.2, 0) is 13.1 Å². The fourth-order valence-electron chi connectivity index (χ4n) is 2.23. The van der Waals surface area contributed by atoms with Crippen LogP contribution in [0.15, 0.2) is 36.8 Å². The Morgan fingerprint density at radius 3 is 2.90 bits per heavy atom. The van der Waals surface area contributed by atoms with Gasteiger partial charge in [-0.15, -0.1) is 11.3 Å². The number of nitrogens with zero attached hydrogens (tertiary/aromatic N) is 3. The summed E-state index contributed by atoms with van der Waals surface area (Å²) in [5.74, 6) is 0. The summed E-state index contributed by atoms with van der Waals surface area (Å²) in [7, 11) is 0. The zero-order chi connectivity index (χ0) is 13.9. The van der Waals surface area contributed by atoms with Gasteiger partial charge in [0.2, 0.25) is 0 Å². The van der Waals surface area contributed by atoms with Gasteiger partial charge in [0.25, 0.3) is 0 Å². The molecule has 1 aromatic carbocycles. The van der Waals surface area contributed by atoms with E-state index in [1.54, 1.807) is 11.3 Å². The molecule has 0 fully saturated rings. The smallest absolute Gasteiger partial charge is 0.108 e. The molecule has 0 aliphatic carbocycles. The number of rotatable bonds is 5. The Balaban J connectivity index is 1.63. The van der Waals surface area contributed by atoms with E-state index in [2.05, 4.69) is 51.9 Å². The van der Waals surface area contributed by atoms with Crippen molar-refractivity contribution in [2.75, 3.05) is 0 Å². The summed E-state index contributed by atoms with van der Waals surface area (Å²) < 4.78 is 3.43. The molecule has 2 heterocycles. The lowest BCUT2D eigenvalue weighted by Crippen LogP contribution is -2.16. The minimum absolute atomic E-state index is 0.441. The monoisotopic (exact) mass is 286 g/mol. The van der Waals surface area contributed by atoms with Crippen molar-refractivity contribution in [1.29, 1.82) is 0 Å². The fraction of sp³-hybridized carbons (Fsp3) is 0.333. The molecule has 0 saturated heterocycles. The van der Waals surface area contributed by atoms with Crippen molar-refractivity contribution in [2.24, 2.45) is 0 Å². The molecule has 3 aromatic rings. The average Bonchev–Trinajstić information content (AvgIpc) is 3.04. The molecule has 0 aliphatic heterocycles. The van der Waals surface area contributed by atoms with Crippen molar-refractivity contribution in [3.8, 4) is 0 Å². The molecular weight excluding hydrogens is 268 g/mol. The van der Waals surface area contributed by atoms with Crippen LogP contribution in [0.1, 0.15) is 30.6 Å². The molecule has 0 unspecified atom stereocenters. The topological polar surface area (TPSA) is 42.7 Å². The molecule has 0 spiro atoms. The number of hydrogen-bond donors (Lipinski definition) is 1. The molecule has 104 valence electrons. The molecule has 1 N–H and O–H groups in total. The minimum Gasteiger partial charge on any atom is -0.331 e. The molecule has 0 aliphatic rings. The minimum atomic E-state index is 0.441. The maximum atomic E-state index is 4.62. The van der Waals surface area contributed by atoms with Crippen molar-refractivity contribution >= 4 is 21.6 Å². The van der Waals surface area contributed by atoms with Gasteiger partial charge in [-0.3, -0.25) is 0 Å². The van der Waals surface area contributed by atoms with Crippen LogP contribution in [0, 0.1) is 0 Å². The van der Waals surface area contributed by atoms with Gasteiger partial charge < -0.3 is 9.88 Å². The van der Waals surface area contributed by atoms with E-state index in [0.29, 0.717) is 6.04 Å². The first-order chi connectivity index (χ1) is 9.74. The lowest BCUT2D eigenvalue weighted by Gasteiger charge is -2.11. The molecular formula is C15H18N4S. The molecule has 0 radical (unpaired) electrons. The summed E-state index contributed by atoms with van der Waals surface area (Å²) in [6, 6.07) is 8.70. The Labute approximate surface area is 122 Å². The summed E-state index contributed by atoms with van der Waals surface area (Å²) in [5, 5.41) is 4.57. The molecule has 2 aromatic heterocycles. The Morgan fingerprint density at radius 1 is 1.25 bits per heavy atom. The van der Waals surface area contributed by atoms with Gasteiger partial charge in [0.15, 0.2) is 0 Å². The lowest BCUT2D eigenvalue weighted by molar-refractivity contribution is 0.550. The summed E-state index contributed by atoms with van der Waals surface area (Å²) in [5.41, 5.74) is 2.29. The summed E-state index contributed by atoms with van der Waals surface area (Å²) in [4.78, 5) is 8.84. The van der Waals surface area contributed by atoms with E-state index >= 15 is 0 Å². The number of benzene rings is 1. The number of thiazole rings is 1. The van der Waals surface area contributed by atoms with E-state index in [0.717, 1.165) is 23.6 Å². The normalized spacial score (nSPS) is 11.6. The van der Waals surface area contributed by atoms with E-state index < -0.39 is 0 Å². The van der Waals surface area contributed by atoms with Gasteiger partial charge in [0.05, 0.1) is 22.2 Å². The van der Waals surface area contributed by atoms with Crippen LogP contribution in [0.3, 0.4) is 0 Å². The van der Waals surface area contributed by atoms with Gasteiger partial charge in [-0.25, -0.2) is 9.97 Å². The second-order valence-electron chi connectivity index (χ2n) is 5.06. The molecule has 0 amide bonds. The van der Waals surface area contributed by atoms with E-state index in [-0.39, 0.29) is 0 Å². The molecule has 3 rings (SSSR count). The number of imidazole rings is 1. The second kappa shape index (κ2) is 5.73. The number of nitrogens with one attached hydrogen (secondary N) is 1. The fourth-order valence-corrected chi connectivity index (χ4v) is 3.16. The van der Waals surface area contributed by atoms with Gasteiger partial charge in [-0.2, -0.15) is 0 Å². The van der Waals surface area contributed by atoms with Crippen molar-refractivity contribution in [3.63, 3.8) is 0 Å². The van der Waals surface area contributed by atoms with Crippen LogP contribution < -0.4 is 5.32 Å². The van der Waals surface area contributed by atoms with Crippen molar-refractivity contribution < 1.29 is 0 Å². The highest BCUT2D eigenvalue weighted by Gasteiger charge is 2.06. The summed E-state index contributed by atoms with van der Waals surface area (Å²) in [6.45, 7) is 5.94. The lowest BCUT2D eigenvalue weighted by atomic mass is 10.3. The first-order valence-electron chi connectivity index (χ1n) is 6.80. The van der Waals surface area contributed by atoms with Gasteiger partial charge in [-0.1, -0.05) is 12.1 Å². The van der Waals surface area contributed by atoms with Crippen molar-refractivity contribution in [1.82, 2.24) is 19.9 Å². The third kappa shape index (κ3) is 2.73. The van der Waals surface area contributed by atoms with Crippen molar-refractivity contribution in [3.05, 3.63) is 47.5 Å². The SMILES string of the molecule is CC(C)n1cncc1CNCc1nc2ccccc2s1. The molecule has 0 bridgehead atoms. The van der Waals surface area contributed by atoms with Crippen LogP contribution >= 0.6 is 11.3 Å². The number of hydrogen-bond acceptors (Lipinski definition) is 4. The molecule has 0 saturated carbocycles. The third-order valence-electron chi connectivity index (χ3n) is 3.22. The zero-order valence-corrected chi connectivity index (χ0v) is 12.5. The van der Waals surface area contributed by atoms with Crippen LogP contribution in [0.2, 0.25) is 0 Å². The van der Waals surface area contributed by atoms with E-state index in [1.165, 1.54) is 10.4 Å². The quantitative estimate of drug-likeness (QED) is 0.782. The van der Waals surface area contributed by atoms with E-state index in [1.807, 2.05) is 18.6 Å². The highest BCUT2D eigenvalue weighted by molar-refractivity contribution is 7.18. The first-order valence-corrected chi connectivity index (χ1v) is 7.61. The molecule has 0 atom stereocenters. The third-order valence-corrected chi connectivity index (χ3v) is 4.26. The highest BCUT2D eigenvalue weighted by Crippen LogP contribution is 2.21. The first kappa shape index (κ1) is 13.3. The largest absolute Gasteiger partial charge is 0.331 e. The average molecular weight is 286 g/mol.